The molecule has 0 radical (unpaired) electrons. The predicted octanol–water partition coefficient (Wildman–Crippen LogP) is 3.57. The number of amides is 2. The molecule has 0 unspecified atom stereocenters. The summed E-state index contributed by atoms with van der Waals surface area (Å²) in [4.78, 5) is 38.7. The van der Waals surface area contributed by atoms with Gasteiger partial charge in [0.05, 0.1) is 21.1 Å². The number of alkyl halides is 3. The maximum absolute atomic E-state index is 12.8. The number of nitro benzene ring substituents is 1. The summed E-state index contributed by atoms with van der Waals surface area (Å²) >= 11 is 0.849. The first-order valence-corrected chi connectivity index (χ1v) is 10.7. The molecule has 164 valence electrons. The summed E-state index contributed by atoms with van der Waals surface area (Å²) in [5.41, 5.74) is -1.77. The van der Waals surface area contributed by atoms with Crippen LogP contribution in [0.5, 0.6) is 0 Å². The van der Waals surface area contributed by atoms with Crippen molar-refractivity contribution in [2.45, 2.75) is 36.8 Å². The van der Waals surface area contributed by atoms with Crippen molar-refractivity contribution in [3.63, 3.8) is 0 Å². The molecule has 3 rings (SSSR count). The van der Waals surface area contributed by atoms with Crippen molar-refractivity contribution in [1.82, 2.24) is 9.80 Å². The summed E-state index contributed by atoms with van der Waals surface area (Å²) < 4.78 is 38.4. The van der Waals surface area contributed by atoms with Gasteiger partial charge in [0.25, 0.3) is 5.69 Å². The SMILES string of the molecule is O=C(CSc1ccc(C(F)(F)F)cc1[N+](=O)[O-])N1CCC(C(=O)N2CCCC2)CC1. The van der Waals surface area contributed by atoms with E-state index < -0.39 is 22.4 Å². The first kappa shape index (κ1) is 22.4. The number of benzene rings is 1. The van der Waals surface area contributed by atoms with Crippen molar-refractivity contribution in [1.29, 1.82) is 0 Å². The third-order valence-corrected chi connectivity index (χ3v) is 6.50. The van der Waals surface area contributed by atoms with E-state index in [4.69, 9.17) is 0 Å². The average molecular weight is 445 g/mol. The first-order valence-electron chi connectivity index (χ1n) is 9.72. The van der Waals surface area contributed by atoms with Crippen LogP contribution in [0.2, 0.25) is 0 Å². The van der Waals surface area contributed by atoms with E-state index in [0.717, 1.165) is 49.8 Å². The molecule has 7 nitrogen and oxygen atoms in total. The second-order valence-corrected chi connectivity index (χ2v) is 8.43. The van der Waals surface area contributed by atoms with E-state index in [9.17, 15) is 32.9 Å². The topological polar surface area (TPSA) is 83.8 Å². The Morgan fingerprint density at radius 1 is 1.10 bits per heavy atom. The van der Waals surface area contributed by atoms with Crippen LogP contribution in [0.15, 0.2) is 23.1 Å². The Balaban J connectivity index is 1.55. The van der Waals surface area contributed by atoms with Crippen LogP contribution in [-0.2, 0) is 15.8 Å². The molecule has 0 N–H and O–H groups in total. The molecule has 2 amide bonds. The number of rotatable bonds is 5. The molecule has 0 spiro atoms. The molecule has 0 atom stereocenters. The van der Waals surface area contributed by atoms with Crippen LogP contribution in [-0.4, -0.2) is 58.5 Å². The minimum atomic E-state index is -4.68. The van der Waals surface area contributed by atoms with Gasteiger partial charge in [-0.25, -0.2) is 0 Å². The van der Waals surface area contributed by atoms with Gasteiger partial charge in [0.1, 0.15) is 0 Å². The fourth-order valence-electron chi connectivity index (χ4n) is 3.76. The lowest BCUT2D eigenvalue weighted by Crippen LogP contribution is -2.44. The summed E-state index contributed by atoms with van der Waals surface area (Å²) in [6, 6.07) is 2.29. The molecule has 0 saturated carbocycles. The molecule has 30 heavy (non-hydrogen) atoms. The van der Waals surface area contributed by atoms with Crippen molar-refractivity contribution >= 4 is 29.3 Å². The zero-order valence-corrected chi connectivity index (χ0v) is 17.0. The Morgan fingerprint density at radius 2 is 1.73 bits per heavy atom. The van der Waals surface area contributed by atoms with Crippen molar-refractivity contribution in [2.75, 3.05) is 31.9 Å². The zero-order valence-electron chi connectivity index (χ0n) is 16.2. The Bertz CT molecular complexity index is 820. The van der Waals surface area contributed by atoms with E-state index in [2.05, 4.69) is 0 Å². The fourth-order valence-corrected chi connectivity index (χ4v) is 4.67. The molecule has 1 aromatic carbocycles. The highest BCUT2D eigenvalue weighted by Gasteiger charge is 2.34. The lowest BCUT2D eigenvalue weighted by Gasteiger charge is -2.33. The molecule has 0 aromatic heterocycles. The summed E-state index contributed by atoms with van der Waals surface area (Å²) in [6.07, 6.45) is -1.48. The average Bonchev–Trinajstić information content (AvgIpc) is 3.25. The molecule has 11 heteroatoms. The number of nitro groups is 1. The number of carbonyl (C=O) groups is 2. The number of nitrogens with zero attached hydrogens (tertiary/aromatic N) is 3. The van der Waals surface area contributed by atoms with E-state index in [1.165, 1.54) is 0 Å². The maximum Gasteiger partial charge on any atom is 0.416 e. The van der Waals surface area contributed by atoms with Gasteiger partial charge in [-0.1, -0.05) is 0 Å². The summed E-state index contributed by atoms with van der Waals surface area (Å²) in [6.45, 7) is 2.44. The number of thioether (sulfide) groups is 1. The molecule has 1 aromatic rings. The Morgan fingerprint density at radius 3 is 2.30 bits per heavy atom. The molecule has 2 aliphatic heterocycles. The normalized spacial score (nSPS) is 18.0. The summed E-state index contributed by atoms with van der Waals surface area (Å²) in [7, 11) is 0. The van der Waals surface area contributed by atoms with Crippen molar-refractivity contribution < 1.29 is 27.7 Å². The first-order chi connectivity index (χ1) is 14.2. The third kappa shape index (κ3) is 5.24. The van der Waals surface area contributed by atoms with E-state index in [1.807, 2.05) is 4.90 Å². The number of likely N-dealkylation sites (tertiary alicyclic amines) is 2. The number of hydrogen-bond acceptors (Lipinski definition) is 5. The Hall–Kier alpha value is -2.30. The minimum absolute atomic E-state index is 0.0143. The smallest absolute Gasteiger partial charge is 0.342 e. The van der Waals surface area contributed by atoms with E-state index in [-0.39, 0.29) is 28.4 Å². The van der Waals surface area contributed by atoms with Crippen LogP contribution in [0.4, 0.5) is 18.9 Å². The molecular weight excluding hydrogens is 423 g/mol. The van der Waals surface area contributed by atoms with Gasteiger partial charge in [0, 0.05) is 38.2 Å². The highest BCUT2D eigenvalue weighted by atomic mass is 32.2. The highest BCUT2D eigenvalue weighted by Crippen LogP contribution is 2.36. The van der Waals surface area contributed by atoms with Gasteiger partial charge in [0.2, 0.25) is 11.8 Å². The van der Waals surface area contributed by atoms with Crippen LogP contribution < -0.4 is 0 Å². The van der Waals surface area contributed by atoms with E-state index in [0.29, 0.717) is 32.0 Å². The molecule has 2 saturated heterocycles. The number of halogens is 3. The van der Waals surface area contributed by atoms with Gasteiger partial charge < -0.3 is 9.80 Å². The monoisotopic (exact) mass is 445 g/mol. The number of hydrogen-bond donors (Lipinski definition) is 0. The van der Waals surface area contributed by atoms with Crippen LogP contribution in [0.25, 0.3) is 0 Å². The van der Waals surface area contributed by atoms with Crippen LogP contribution >= 0.6 is 11.8 Å². The van der Waals surface area contributed by atoms with Gasteiger partial charge in [-0.05, 0) is 37.8 Å². The second-order valence-electron chi connectivity index (χ2n) is 7.41. The lowest BCUT2D eigenvalue weighted by atomic mass is 9.95. The van der Waals surface area contributed by atoms with Crippen LogP contribution in [0.3, 0.4) is 0 Å². The number of piperidine rings is 1. The van der Waals surface area contributed by atoms with E-state index in [1.54, 1.807) is 4.90 Å². The highest BCUT2D eigenvalue weighted by molar-refractivity contribution is 8.00. The molecule has 0 aliphatic carbocycles. The van der Waals surface area contributed by atoms with Crippen LogP contribution in [0, 0.1) is 16.0 Å². The maximum atomic E-state index is 12.8. The van der Waals surface area contributed by atoms with Gasteiger partial charge in [-0.2, -0.15) is 13.2 Å². The Kier molecular flexibility index (Phi) is 6.89. The molecular formula is C19H22F3N3O4S. The quantitative estimate of drug-likeness (QED) is 0.393. The Labute approximate surface area is 175 Å². The molecule has 0 bridgehead atoms. The van der Waals surface area contributed by atoms with Gasteiger partial charge in [-0.3, -0.25) is 19.7 Å². The fraction of sp³-hybridized carbons (Fsp3) is 0.579. The predicted molar refractivity (Wildman–Crippen MR) is 104 cm³/mol. The summed E-state index contributed by atoms with van der Waals surface area (Å²) in [5, 5.41) is 11.1. The van der Waals surface area contributed by atoms with Crippen molar-refractivity contribution in [3.8, 4) is 0 Å². The molecule has 2 fully saturated rings. The molecule has 2 aliphatic rings. The lowest BCUT2D eigenvalue weighted by molar-refractivity contribution is -0.388. The zero-order chi connectivity index (χ0) is 21.9. The summed E-state index contributed by atoms with van der Waals surface area (Å²) in [5.74, 6) is -0.303. The van der Waals surface area contributed by atoms with Gasteiger partial charge in [0.15, 0.2) is 0 Å². The number of carbonyl (C=O) groups excluding carboxylic acids is 2. The largest absolute Gasteiger partial charge is 0.416 e. The van der Waals surface area contributed by atoms with Gasteiger partial charge >= 0.3 is 6.18 Å². The minimum Gasteiger partial charge on any atom is -0.342 e. The second kappa shape index (κ2) is 9.23. The van der Waals surface area contributed by atoms with E-state index >= 15 is 0 Å². The standard InChI is InChI=1S/C19H22F3N3O4S/c20-19(21,22)14-3-4-16(15(11-14)25(28)29)30-12-17(26)23-9-5-13(6-10-23)18(27)24-7-1-2-8-24/h3-4,11,13H,1-2,5-10,12H2. The molecule has 2 heterocycles. The van der Waals surface area contributed by atoms with Crippen LogP contribution in [0.1, 0.15) is 31.2 Å². The van der Waals surface area contributed by atoms with Crippen molar-refractivity contribution in [3.05, 3.63) is 33.9 Å². The van der Waals surface area contributed by atoms with Crippen molar-refractivity contribution in [2.24, 2.45) is 5.92 Å². The third-order valence-electron chi connectivity index (χ3n) is 5.45. The van der Waals surface area contributed by atoms with Gasteiger partial charge in [-0.15, -0.1) is 11.8 Å².